The van der Waals surface area contributed by atoms with Crippen molar-refractivity contribution in [3.63, 3.8) is 0 Å². The fraction of sp³-hybridized carbons (Fsp3) is 0.600. The van der Waals surface area contributed by atoms with Crippen LogP contribution in [0.5, 0.6) is 0 Å². The Kier molecular flexibility index (Phi) is 5.61. The summed E-state index contributed by atoms with van der Waals surface area (Å²) in [6.07, 6.45) is 2.43. The van der Waals surface area contributed by atoms with Gasteiger partial charge < -0.3 is 15.0 Å². The van der Waals surface area contributed by atoms with E-state index in [4.69, 9.17) is 4.74 Å². The molecule has 106 valence electrons. The molecule has 1 aliphatic heterocycles. The molecule has 0 saturated carbocycles. The number of rotatable bonds is 6. The number of likely N-dealkylation sites (N-methyl/N-ethyl adjacent to an activating group) is 1. The Hall–Kier alpha value is -1.13. The Balaban J connectivity index is 1.66. The van der Waals surface area contributed by atoms with Gasteiger partial charge in [-0.2, -0.15) is 0 Å². The van der Waals surface area contributed by atoms with E-state index in [1.165, 1.54) is 18.9 Å². The molecule has 1 atom stereocenters. The smallest absolute Gasteiger partial charge is 0.146 e. The van der Waals surface area contributed by atoms with Crippen LogP contribution in [-0.4, -0.2) is 44.8 Å². The molecular formula is C15H23FN2O. The highest BCUT2D eigenvalue weighted by Gasteiger charge is 2.15. The Bertz CT molecular complexity index is 380. The van der Waals surface area contributed by atoms with Gasteiger partial charge in [0.2, 0.25) is 0 Å². The van der Waals surface area contributed by atoms with Crippen molar-refractivity contribution < 1.29 is 9.13 Å². The number of nitrogens with one attached hydrogen (secondary N) is 1. The molecule has 4 heteroatoms. The molecule has 1 heterocycles. The zero-order chi connectivity index (χ0) is 13.5. The van der Waals surface area contributed by atoms with Gasteiger partial charge in [-0.15, -0.1) is 0 Å². The van der Waals surface area contributed by atoms with Crippen LogP contribution in [0.2, 0.25) is 0 Å². The van der Waals surface area contributed by atoms with E-state index in [2.05, 4.69) is 17.3 Å². The largest absolute Gasteiger partial charge is 0.381 e. The van der Waals surface area contributed by atoms with Gasteiger partial charge in [0.25, 0.3) is 0 Å². The zero-order valence-electron chi connectivity index (χ0n) is 11.6. The molecule has 0 spiro atoms. The van der Waals surface area contributed by atoms with Crippen molar-refractivity contribution in [3.05, 3.63) is 30.1 Å². The van der Waals surface area contributed by atoms with Gasteiger partial charge in [-0.1, -0.05) is 12.1 Å². The summed E-state index contributed by atoms with van der Waals surface area (Å²) in [6.45, 7) is 4.51. The molecule has 1 aromatic rings. The van der Waals surface area contributed by atoms with Crippen molar-refractivity contribution in [1.82, 2.24) is 4.90 Å². The average molecular weight is 266 g/mol. The van der Waals surface area contributed by atoms with Crippen LogP contribution >= 0.6 is 0 Å². The predicted molar refractivity (Wildman–Crippen MR) is 75.9 cm³/mol. The fourth-order valence-corrected chi connectivity index (χ4v) is 2.47. The summed E-state index contributed by atoms with van der Waals surface area (Å²) in [5, 5.41) is 3.13. The normalized spacial score (nSPS) is 19.6. The van der Waals surface area contributed by atoms with Gasteiger partial charge in [0, 0.05) is 26.2 Å². The number of hydrogen-bond donors (Lipinski definition) is 1. The third kappa shape index (κ3) is 4.80. The second-order valence-corrected chi connectivity index (χ2v) is 5.25. The molecule has 0 amide bonds. The van der Waals surface area contributed by atoms with Crippen LogP contribution in [0.3, 0.4) is 0 Å². The maximum absolute atomic E-state index is 13.4. The van der Waals surface area contributed by atoms with Crippen molar-refractivity contribution in [1.29, 1.82) is 0 Å². The van der Waals surface area contributed by atoms with E-state index in [1.54, 1.807) is 12.1 Å². The molecule has 2 rings (SSSR count). The fourth-order valence-electron chi connectivity index (χ4n) is 2.47. The first-order valence-corrected chi connectivity index (χ1v) is 7.00. The minimum absolute atomic E-state index is 0.189. The van der Waals surface area contributed by atoms with E-state index in [-0.39, 0.29) is 5.82 Å². The van der Waals surface area contributed by atoms with Gasteiger partial charge in [0.05, 0.1) is 12.3 Å². The van der Waals surface area contributed by atoms with Gasteiger partial charge in [0.15, 0.2) is 0 Å². The summed E-state index contributed by atoms with van der Waals surface area (Å²) in [7, 11) is 2.11. The maximum Gasteiger partial charge on any atom is 0.146 e. The quantitative estimate of drug-likeness (QED) is 0.856. The lowest BCUT2D eigenvalue weighted by molar-refractivity contribution is 0.0425. The number of benzene rings is 1. The Morgan fingerprint density at radius 1 is 1.42 bits per heavy atom. The zero-order valence-corrected chi connectivity index (χ0v) is 11.6. The van der Waals surface area contributed by atoms with Crippen LogP contribution in [0, 0.1) is 11.7 Å². The number of nitrogens with zero attached hydrogens (tertiary/aromatic N) is 1. The molecule has 0 radical (unpaired) electrons. The summed E-state index contributed by atoms with van der Waals surface area (Å²) in [5.41, 5.74) is 0.580. The molecule has 0 aliphatic carbocycles. The lowest BCUT2D eigenvalue weighted by atomic mass is 10.0. The molecule has 1 saturated heterocycles. The highest BCUT2D eigenvalue weighted by atomic mass is 19.1. The summed E-state index contributed by atoms with van der Waals surface area (Å²) in [6, 6.07) is 6.79. The number of halogens is 1. The monoisotopic (exact) mass is 266 g/mol. The highest BCUT2D eigenvalue weighted by Crippen LogP contribution is 2.14. The topological polar surface area (TPSA) is 24.5 Å². The van der Waals surface area contributed by atoms with Crippen LogP contribution in [-0.2, 0) is 4.74 Å². The van der Waals surface area contributed by atoms with Gasteiger partial charge in [-0.25, -0.2) is 4.39 Å². The second kappa shape index (κ2) is 7.46. The number of ether oxygens (including phenoxy) is 1. The number of anilines is 1. The van der Waals surface area contributed by atoms with Crippen LogP contribution in [0.25, 0.3) is 0 Å². The van der Waals surface area contributed by atoms with Crippen LogP contribution in [0.4, 0.5) is 10.1 Å². The van der Waals surface area contributed by atoms with Crippen molar-refractivity contribution in [2.24, 2.45) is 5.92 Å². The van der Waals surface area contributed by atoms with E-state index in [0.29, 0.717) is 11.6 Å². The second-order valence-electron chi connectivity index (χ2n) is 5.25. The number of hydrogen-bond acceptors (Lipinski definition) is 3. The molecule has 1 unspecified atom stereocenters. The Morgan fingerprint density at radius 3 is 3.00 bits per heavy atom. The lowest BCUT2D eigenvalue weighted by Crippen LogP contribution is -2.33. The third-order valence-corrected chi connectivity index (χ3v) is 3.51. The maximum atomic E-state index is 13.4. The van der Waals surface area contributed by atoms with Crippen molar-refractivity contribution in [3.8, 4) is 0 Å². The lowest BCUT2D eigenvalue weighted by Gasteiger charge is -2.27. The molecular weight excluding hydrogens is 243 g/mol. The molecule has 1 aromatic carbocycles. The van der Waals surface area contributed by atoms with Crippen LogP contribution in [0.15, 0.2) is 24.3 Å². The molecule has 0 bridgehead atoms. The predicted octanol–water partition coefficient (Wildman–Crippen LogP) is 2.60. The van der Waals surface area contributed by atoms with Crippen LogP contribution in [0.1, 0.15) is 12.8 Å². The van der Waals surface area contributed by atoms with Crippen molar-refractivity contribution in [2.45, 2.75) is 12.8 Å². The van der Waals surface area contributed by atoms with Crippen molar-refractivity contribution in [2.75, 3.05) is 45.2 Å². The first kappa shape index (κ1) is 14.3. The van der Waals surface area contributed by atoms with Gasteiger partial charge in [0.1, 0.15) is 5.82 Å². The first-order chi connectivity index (χ1) is 9.25. The van der Waals surface area contributed by atoms with E-state index in [9.17, 15) is 4.39 Å². The molecule has 1 aliphatic rings. The Labute approximate surface area is 114 Å². The summed E-state index contributed by atoms with van der Waals surface area (Å²) in [4.78, 5) is 2.28. The Morgan fingerprint density at radius 2 is 2.26 bits per heavy atom. The highest BCUT2D eigenvalue weighted by molar-refractivity contribution is 5.44. The first-order valence-electron chi connectivity index (χ1n) is 7.00. The SMILES string of the molecule is CN(CCNc1ccccc1F)CC1CCCOC1. The molecule has 0 aromatic heterocycles. The number of para-hydroxylation sites is 1. The van der Waals surface area contributed by atoms with Gasteiger partial charge in [-0.3, -0.25) is 0 Å². The standard InChI is InChI=1S/C15H23FN2O/c1-18(11-13-5-4-10-19-12-13)9-8-17-15-7-3-2-6-14(15)16/h2-3,6-7,13,17H,4-5,8-12H2,1H3. The summed E-state index contributed by atoms with van der Waals surface area (Å²) >= 11 is 0. The third-order valence-electron chi connectivity index (χ3n) is 3.51. The van der Waals surface area contributed by atoms with Gasteiger partial charge >= 0.3 is 0 Å². The van der Waals surface area contributed by atoms with Crippen LogP contribution < -0.4 is 5.32 Å². The molecule has 1 N–H and O–H groups in total. The van der Waals surface area contributed by atoms with E-state index in [0.717, 1.165) is 32.8 Å². The summed E-state index contributed by atoms with van der Waals surface area (Å²) in [5.74, 6) is 0.457. The van der Waals surface area contributed by atoms with Gasteiger partial charge in [-0.05, 0) is 37.9 Å². The summed E-state index contributed by atoms with van der Waals surface area (Å²) < 4.78 is 18.9. The average Bonchev–Trinajstić information content (AvgIpc) is 2.42. The molecule has 3 nitrogen and oxygen atoms in total. The van der Waals surface area contributed by atoms with E-state index < -0.39 is 0 Å². The van der Waals surface area contributed by atoms with E-state index >= 15 is 0 Å². The molecule has 1 fully saturated rings. The minimum Gasteiger partial charge on any atom is -0.381 e. The minimum atomic E-state index is -0.189. The van der Waals surface area contributed by atoms with E-state index in [1.807, 2.05) is 6.07 Å². The van der Waals surface area contributed by atoms with Crippen molar-refractivity contribution >= 4 is 5.69 Å². The molecule has 19 heavy (non-hydrogen) atoms.